The monoisotopic (exact) mass is 342 g/mol. The van der Waals surface area contributed by atoms with Gasteiger partial charge in [-0.2, -0.15) is 0 Å². The van der Waals surface area contributed by atoms with E-state index in [2.05, 4.69) is 20.8 Å². The van der Waals surface area contributed by atoms with E-state index < -0.39 is 9.04 Å². The predicted molar refractivity (Wildman–Crippen MR) is 105 cm³/mol. The van der Waals surface area contributed by atoms with Crippen LogP contribution in [0, 0.1) is 0 Å². The summed E-state index contributed by atoms with van der Waals surface area (Å²) >= 11 is 0. The Morgan fingerprint density at radius 2 is 1.04 bits per heavy atom. The molecule has 0 heterocycles. The van der Waals surface area contributed by atoms with Crippen molar-refractivity contribution in [2.75, 3.05) is 0 Å². The minimum atomic E-state index is -1.19. The molecule has 0 aliphatic heterocycles. The average Bonchev–Trinajstić information content (AvgIpc) is 2.56. The molecule has 138 valence electrons. The number of hydrogen-bond donors (Lipinski definition) is 0. The van der Waals surface area contributed by atoms with Gasteiger partial charge in [0.2, 0.25) is 9.04 Å². The van der Waals surface area contributed by atoms with E-state index in [0.717, 1.165) is 18.5 Å². The van der Waals surface area contributed by atoms with Crippen molar-refractivity contribution in [3.8, 4) is 0 Å². The summed E-state index contributed by atoms with van der Waals surface area (Å²) in [5, 5.41) is 0. The van der Waals surface area contributed by atoms with E-state index in [1.165, 1.54) is 77.0 Å². The molecule has 0 saturated heterocycles. The third kappa shape index (κ3) is 16.3. The van der Waals surface area contributed by atoms with Gasteiger partial charge in [-0.05, 0) is 18.5 Å². The van der Waals surface area contributed by atoms with Crippen molar-refractivity contribution in [1.82, 2.24) is 0 Å². The number of carbonyl (C=O) groups is 1. The molecule has 0 unspecified atom stereocenters. The molecule has 0 amide bonds. The molecule has 0 radical (unpaired) electrons. The fraction of sp³-hybridized carbons (Fsp3) is 0.950. The van der Waals surface area contributed by atoms with Gasteiger partial charge in [0, 0.05) is 6.42 Å². The van der Waals surface area contributed by atoms with Gasteiger partial charge in [0.05, 0.1) is 0 Å². The van der Waals surface area contributed by atoms with E-state index in [1.54, 1.807) is 0 Å². The third-order valence-corrected chi connectivity index (χ3v) is 7.11. The van der Waals surface area contributed by atoms with Crippen molar-refractivity contribution in [2.24, 2.45) is 0 Å². The van der Waals surface area contributed by atoms with E-state index in [9.17, 15) is 4.79 Å². The van der Waals surface area contributed by atoms with Gasteiger partial charge < -0.3 is 4.43 Å². The zero-order chi connectivity index (χ0) is 17.2. The Morgan fingerprint density at radius 3 is 1.43 bits per heavy atom. The molecule has 2 nitrogen and oxygen atoms in total. The average molecular weight is 343 g/mol. The smallest absolute Gasteiger partial charge is 0.292 e. The van der Waals surface area contributed by atoms with Crippen LogP contribution in [0.15, 0.2) is 0 Å². The van der Waals surface area contributed by atoms with E-state index >= 15 is 0 Å². The maximum atomic E-state index is 11.7. The Bertz CT molecular complexity index is 252. The normalized spacial score (nSPS) is 11.1. The lowest BCUT2D eigenvalue weighted by atomic mass is 10.0. The Balaban J connectivity index is 3.20. The lowest BCUT2D eigenvalue weighted by Crippen LogP contribution is -2.20. The molecule has 23 heavy (non-hydrogen) atoms. The van der Waals surface area contributed by atoms with Crippen LogP contribution in [0.4, 0.5) is 0 Å². The summed E-state index contributed by atoms with van der Waals surface area (Å²) in [5.41, 5.74) is 0. The first-order valence-corrected chi connectivity index (χ1v) is 12.5. The molecule has 0 aromatic heterocycles. The van der Waals surface area contributed by atoms with Gasteiger partial charge in [-0.1, -0.05) is 97.8 Å². The maximum absolute atomic E-state index is 11.7. The highest BCUT2D eigenvalue weighted by Gasteiger charge is 2.11. The fourth-order valence-corrected chi connectivity index (χ4v) is 4.39. The van der Waals surface area contributed by atoms with Gasteiger partial charge in [-0.3, -0.25) is 4.79 Å². The molecule has 3 heteroatoms. The van der Waals surface area contributed by atoms with E-state index in [4.69, 9.17) is 4.43 Å². The SMILES string of the molecule is CCCCCCCCCCCCCCCC(=O)O[SiH](CC)CC. The molecule has 0 bridgehead atoms. The van der Waals surface area contributed by atoms with E-state index in [1.807, 2.05) is 0 Å². The first kappa shape index (κ1) is 22.7. The largest absolute Gasteiger partial charge is 0.522 e. The Kier molecular flexibility index (Phi) is 17.8. The minimum Gasteiger partial charge on any atom is -0.522 e. The van der Waals surface area contributed by atoms with E-state index in [0.29, 0.717) is 6.42 Å². The van der Waals surface area contributed by atoms with Crippen molar-refractivity contribution in [3.05, 3.63) is 0 Å². The summed E-state index contributed by atoms with van der Waals surface area (Å²) in [6.45, 7) is 6.55. The van der Waals surface area contributed by atoms with Gasteiger partial charge >= 0.3 is 0 Å². The molecule has 0 aliphatic rings. The first-order valence-electron chi connectivity index (χ1n) is 10.4. The minimum absolute atomic E-state index is 0.0634. The number of rotatable bonds is 17. The quantitative estimate of drug-likeness (QED) is 0.215. The Morgan fingerprint density at radius 1 is 0.652 bits per heavy atom. The highest BCUT2D eigenvalue weighted by atomic mass is 28.3. The standard InChI is InChI=1S/C20H42O2Si/c1-4-7-8-9-10-11-12-13-14-15-16-17-18-19-20(21)22-23(5-2)6-3/h23H,4-19H2,1-3H3. The molecule has 0 atom stereocenters. The van der Waals surface area contributed by atoms with Crippen molar-refractivity contribution in [3.63, 3.8) is 0 Å². The zero-order valence-corrected chi connectivity index (χ0v) is 17.4. The molecular formula is C20H42O2Si. The van der Waals surface area contributed by atoms with Crippen LogP contribution in [0.5, 0.6) is 0 Å². The van der Waals surface area contributed by atoms with Gasteiger partial charge in [0.15, 0.2) is 0 Å². The van der Waals surface area contributed by atoms with Crippen LogP contribution in [-0.4, -0.2) is 15.0 Å². The maximum Gasteiger partial charge on any atom is 0.292 e. The summed E-state index contributed by atoms with van der Waals surface area (Å²) in [6.07, 6.45) is 18.1. The van der Waals surface area contributed by atoms with Crippen molar-refractivity contribution >= 4 is 15.0 Å². The molecule has 0 aromatic carbocycles. The summed E-state index contributed by atoms with van der Waals surface area (Å²) in [5.74, 6) is 0.0634. The molecule has 0 N–H and O–H groups in total. The highest BCUT2D eigenvalue weighted by Crippen LogP contribution is 2.13. The Labute approximate surface area is 147 Å². The molecule has 0 spiro atoms. The molecule has 0 rings (SSSR count). The predicted octanol–water partition coefficient (Wildman–Crippen LogP) is 6.77. The first-order chi connectivity index (χ1) is 11.2. The van der Waals surface area contributed by atoms with Crippen LogP contribution in [-0.2, 0) is 9.22 Å². The van der Waals surface area contributed by atoms with Crippen molar-refractivity contribution < 1.29 is 9.22 Å². The number of carbonyl (C=O) groups excluding carboxylic acids is 1. The van der Waals surface area contributed by atoms with E-state index in [-0.39, 0.29) is 5.97 Å². The second-order valence-corrected chi connectivity index (χ2v) is 10.0. The summed E-state index contributed by atoms with van der Waals surface area (Å²) in [7, 11) is -1.19. The summed E-state index contributed by atoms with van der Waals surface area (Å²) in [6, 6.07) is 2.14. The molecule has 0 fully saturated rings. The molecule has 0 aliphatic carbocycles. The zero-order valence-electron chi connectivity index (χ0n) is 16.2. The number of hydrogen-bond acceptors (Lipinski definition) is 2. The van der Waals surface area contributed by atoms with Gasteiger partial charge in [0.1, 0.15) is 0 Å². The summed E-state index contributed by atoms with van der Waals surface area (Å²) < 4.78 is 5.56. The van der Waals surface area contributed by atoms with Crippen LogP contribution in [0.2, 0.25) is 12.1 Å². The van der Waals surface area contributed by atoms with Crippen LogP contribution in [0.1, 0.15) is 111 Å². The molecular weight excluding hydrogens is 300 g/mol. The Hall–Kier alpha value is -0.313. The topological polar surface area (TPSA) is 26.3 Å². The van der Waals surface area contributed by atoms with Crippen molar-refractivity contribution in [2.45, 2.75) is 123 Å². The lowest BCUT2D eigenvalue weighted by Gasteiger charge is -2.12. The van der Waals surface area contributed by atoms with Crippen LogP contribution in [0.3, 0.4) is 0 Å². The van der Waals surface area contributed by atoms with Gasteiger partial charge in [0.25, 0.3) is 5.97 Å². The van der Waals surface area contributed by atoms with Crippen LogP contribution >= 0.6 is 0 Å². The van der Waals surface area contributed by atoms with Gasteiger partial charge in [-0.15, -0.1) is 0 Å². The lowest BCUT2D eigenvalue weighted by molar-refractivity contribution is -0.134. The molecule has 0 aromatic rings. The highest BCUT2D eigenvalue weighted by molar-refractivity contribution is 6.53. The third-order valence-electron chi connectivity index (χ3n) is 4.69. The second-order valence-electron chi connectivity index (χ2n) is 6.92. The number of unbranched alkanes of at least 4 members (excludes halogenated alkanes) is 12. The second kappa shape index (κ2) is 18.0. The van der Waals surface area contributed by atoms with Crippen molar-refractivity contribution in [1.29, 1.82) is 0 Å². The fourth-order valence-electron chi connectivity index (χ4n) is 2.99. The van der Waals surface area contributed by atoms with Gasteiger partial charge in [-0.25, -0.2) is 0 Å². The van der Waals surface area contributed by atoms with Crippen LogP contribution in [0.25, 0.3) is 0 Å². The summed E-state index contributed by atoms with van der Waals surface area (Å²) in [4.78, 5) is 11.7. The molecule has 0 saturated carbocycles. The van der Waals surface area contributed by atoms with Crippen LogP contribution < -0.4 is 0 Å².